The molecule has 0 saturated carbocycles. The molecule has 0 unspecified atom stereocenters. The highest BCUT2D eigenvalue weighted by molar-refractivity contribution is 7.15. The number of carbonyl (C=O) groups excluding carboxylic acids is 2. The van der Waals surface area contributed by atoms with Crippen LogP contribution in [0.5, 0.6) is 0 Å². The van der Waals surface area contributed by atoms with Gasteiger partial charge in [0, 0.05) is 19.6 Å². The molecule has 1 aliphatic rings. The number of ketones is 1. The molecule has 0 spiro atoms. The first-order valence-electron chi connectivity index (χ1n) is 6.86. The molecule has 0 radical (unpaired) electrons. The molecule has 1 fully saturated rings. The predicted molar refractivity (Wildman–Crippen MR) is 78.5 cm³/mol. The number of rotatable bonds is 6. The number of carbonyl (C=O) groups is 2. The van der Waals surface area contributed by atoms with Crippen molar-refractivity contribution < 1.29 is 14.3 Å². The predicted octanol–water partition coefficient (Wildman–Crippen LogP) is 1.40. The van der Waals surface area contributed by atoms with Gasteiger partial charge in [-0.15, -0.1) is 11.3 Å². The van der Waals surface area contributed by atoms with Crippen LogP contribution in [0.4, 0.5) is 0 Å². The number of nitrogens with zero attached hydrogens (tertiary/aromatic N) is 1. The van der Waals surface area contributed by atoms with E-state index in [4.69, 9.17) is 4.74 Å². The zero-order valence-electron chi connectivity index (χ0n) is 11.7. The van der Waals surface area contributed by atoms with Gasteiger partial charge in [-0.3, -0.25) is 14.5 Å². The number of hydrogen-bond donors (Lipinski definition) is 1. The van der Waals surface area contributed by atoms with Crippen LogP contribution in [-0.2, 0) is 4.74 Å². The van der Waals surface area contributed by atoms with Crippen LogP contribution in [-0.4, -0.2) is 56.0 Å². The Balaban J connectivity index is 1.67. The quantitative estimate of drug-likeness (QED) is 0.637. The Kier molecular flexibility index (Phi) is 5.70. The van der Waals surface area contributed by atoms with Crippen molar-refractivity contribution >= 4 is 23.0 Å². The van der Waals surface area contributed by atoms with Gasteiger partial charge in [-0.25, -0.2) is 0 Å². The van der Waals surface area contributed by atoms with Crippen LogP contribution in [0.25, 0.3) is 0 Å². The largest absolute Gasteiger partial charge is 0.379 e. The highest BCUT2D eigenvalue weighted by atomic mass is 32.1. The number of hydrogen-bond acceptors (Lipinski definition) is 5. The Bertz CT molecular complexity index is 467. The number of morpholine rings is 1. The Hall–Kier alpha value is -1.24. The van der Waals surface area contributed by atoms with Crippen LogP contribution >= 0.6 is 11.3 Å². The first-order chi connectivity index (χ1) is 9.66. The minimum absolute atomic E-state index is 0.00127. The summed E-state index contributed by atoms with van der Waals surface area (Å²) < 4.78 is 5.29. The topological polar surface area (TPSA) is 58.6 Å². The van der Waals surface area contributed by atoms with Crippen molar-refractivity contribution in [1.29, 1.82) is 0 Å². The van der Waals surface area contributed by atoms with Crippen LogP contribution in [0.15, 0.2) is 12.1 Å². The number of amides is 1. The normalized spacial score (nSPS) is 16.1. The van der Waals surface area contributed by atoms with Crippen molar-refractivity contribution in [1.82, 2.24) is 10.2 Å². The number of thiophene rings is 1. The lowest BCUT2D eigenvalue weighted by Gasteiger charge is -2.26. The van der Waals surface area contributed by atoms with E-state index in [1.54, 1.807) is 12.1 Å². The zero-order chi connectivity index (χ0) is 14.4. The van der Waals surface area contributed by atoms with E-state index in [-0.39, 0.29) is 11.7 Å². The first-order valence-corrected chi connectivity index (χ1v) is 7.67. The van der Waals surface area contributed by atoms with Gasteiger partial charge in [-0.2, -0.15) is 0 Å². The van der Waals surface area contributed by atoms with Crippen molar-refractivity contribution in [3.05, 3.63) is 21.9 Å². The van der Waals surface area contributed by atoms with Crippen LogP contribution in [0.2, 0.25) is 0 Å². The molecule has 5 nitrogen and oxygen atoms in total. The van der Waals surface area contributed by atoms with Gasteiger partial charge in [0.05, 0.1) is 23.0 Å². The molecule has 0 bridgehead atoms. The lowest BCUT2D eigenvalue weighted by Crippen LogP contribution is -2.38. The van der Waals surface area contributed by atoms with Gasteiger partial charge in [0.25, 0.3) is 5.91 Å². The minimum Gasteiger partial charge on any atom is -0.379 e. The highest BCUT2D eigenvalue weighted by Gasteiger charge is 2.12. The van der Waals surface area contributed by atoms with E-state index in [0.29, 0.717) is 16.3 Å². The Morgan fingerprint density at radius 3 is 2.65 bits per heavy atom. The fourth-order valence-electron chi connectivity index (χ4n) is 2.07. The number of ether oxygens (including phenoxy) is 1. The van der Waals surface area contributed by atoms with Gasteiger partial charge in [0.2, 0.25) is 0 Å². The summed E-state index contributed by atoms with van der Waals surface area (Å²) in [5.74, 6) is -0.0918. The molecule has 1 N–H and O–H groups in total. The summed E-state index contributed by atoms with van der Waals surface area (Å²) in [5.41, 5.74) is 0. The lowest BCUT2D eigenvalue weighted by atomic mass is 10.3. The second-order valence-electron chi connectivity index (χ2n) is 4.78. The van der Waals surface area contributed by atoms with Crippen molar-refractivity contribution in [3.8, 4) is 0 Å². The van der Waals surface area contributed by atoms with Crippen molar-refractivity contribution in [3.63, 3.8) is 0 Å². The summed E-state index contributed by atoms with van der Waals surface area (Å²) in [6.07, 6.45) is 0.927. The minimum atomic E-state index is -0.0931. The van der Waals surface area contributed by atoms with Gasteiger partial charge in [-0.05, 0) is 32.0 Å². The summed E-state index contributed by atoms with van der Waals surface area (Å²) in [5, 5.41) is 2.89. The third-order valence-corrected chi connectivity index (χ3v) is 4.40. The molecule has 0 atom stereocenters. The van der Waals surface area contributed by atoms with Crippen molar-refractivity contribution in [2.75, 3.05) is 39.4 Å². The molecule has 1 aliphatic heterocycles. The smallest absolute Gasteiger partial charge is 0.261 e. The van der Waals surface area contributed by atoms with E-state index >= 15 is 0 Å². The van der Waals surface area contributed by atoms with Crippen LogP contribution in [0.3, 0.4) is 0 Å². The van der Waals surface area contributed by atoms with Gasteiger partial charge in [-0.1, -0.05) is 0 Å². The number of nitrogens with one attached hydrogen (secondary N) is 1. The molecule has 1 amide bonds. The van der Waals surface area contributed by atoms with Crippen molar-refractivity contribution in [2.24, 2.45) is 0 Å². The molecule has 110 valence electrons. The second kappa shape index (κ2) is 7.52. The molecule has 1 aromatic heterocycles. The third-order valence-electron chi connectivity index (χ3n) is 3.22. The van der Waals surface area contributed by atoms with E-state index in [9.17, 15) is 9.59 Å². The van der Waals surface area contributed by atoms with Crippen LogP contribution in [0, 0.1) is 0 Å². The molecule has 1 aromatic rings. The summed E-state index contributed by atoms with van der Waals surface area (Å²) in [4.78, 5) is 26.6. The second-order valence-corrected chi connectivity index (χ2v) is 5.87. The van der Waals surface area contributed by atoms with Gasteiger partial charge >= 0.3 is 0 Å². The van der Waals surface area contributed by atoms with Gasteiger partial charge in [0.1, 0.15) is 0 Å². The van der Waals surface area contributed by atoms with E-state index in [2.05, 4.69) is 10.2 Å². The maximum atomic E-state index is 11.9. The van der Waals surface area contributed by atoms with Gasteiger partial charge < -0.3 is 10.1 Å². The number of Topliss-reactive ketones (excluding diaryl/α,β-unsaturated/α-hetero) is 1. The molecule has 0 aromatic carbocycles. The fourth-order valence-corrected chi connectivity index (χ4v) is 2.88. The Morgan fingerprint density at radius 2 is 2.00 bits per heavy atom. The summed E-state index contributed by atoms with van der Waals surface area (Å²) in [6, 6.07) is 3.41. The maximum Gasteiger partial charge on any atom is 0.261 e. The van der Waals surface area contributed by atoms with Crippen LogP contribution < -0.4 is 5.32 Å². The SMILES string of the molecule is CC(=O)c1ccc(C(=O)NCCCN2CCOCC2)s1. The summed E-state index contributed by atoms with van der Waals surface area (Å²) >= 11 is 1.25. The van der Waals surface area contributed by atoms with E-state index < -0.39 is 0 Å². The molecular weight excluding hydrogens is 276 g/mol. The molecule has 0 aliphatic carbocycles. The average Bonchev–Trinajstić information content (AvgIpc) is 2.94. The molecule has 2 heterocycles. The standard InChI is InChI=1S/C14H20N2O3S/c1-11(17)12-3-4-13(20-12)14(18)15-5-2-6-16-7-9-19-10-8-16/h3-4H,2,5-10H2,1H3,(H,15,18). The van der Waals surface area contributed by atoms with E-state index in [1.165, 1.54) is 18.3 Å². The fraction of sp³-hybridized carbons (Fsp3) is 0.571. The molecule has 20 heavy (non-hydrogen) atoms. The summed E-state index contributed by atoms with van der Waals surface area (Å²) in [6.45, 7) is 6.69. The van der Waals surface area contributed by atoms with Crippen molar-refractivity contribution in [2.45, 2.75) is 13.3 Å². The maximum absolute atomic E-state index is 11.9. The summed E-state index contributed by atoms with van der Waals surface area (Å²) in [7, 11) is 0. The molecule has 6 heteroatoms. The van der Waals surface area contributed by atoms with Crippen LogP contribution in [0.1, 0.15) is 32.7 Å². The molecule has 2 rings (SSSR count). The monoisotopic (exact) mass is 296 g/mol. The van der Waals surface area contributed by atoms with E-state index in [1.807, 2.05) is 0 Å². The molecular formula is C14H20N2O3S. The third kappa shape index (κ3) is 4.40. The molecule has 1 saturated heterocycles. The first kappa shape index (κ1) is 15.2. The Morgan fingerprint density at radius 1 is 1.30 bits per heavy atom. The lowest BCUT2D eigenvalue weighted by molar-refractivity contribution is 0.0374. The zero-order valence-corrected chi connectivity index (χ0v) is 12.5. The van der Waals surface area contributed by atoms with E-state index in [0.717, 1.165) is 39.3 Å². The van der Waals surface area contributed by atoms with Gasteiger partial charge in [0.15, 0.2) is 5.78 Å². The Labute approximate surface area is 122 Å². The average molecular weight is 296 g/mol. The highest BCUT2D eigenvalue weighted by Crippen LogP contribution is 2.16.